The van der Waals surface area contributed by atoms with Crippen molar-refractivity contribution in [2.24, 2.45) is 0 Å². The first-order chi connectivity index (χ1) is 15.0. The van der Waals surface area contributed by atoms with Crippen LogP contribution in [0.4, 0.5) is 5.69 Å². The quantitative estimate of drug-likeness (QED) is 0.430. The Morgan fingerprint density at radius 1 is 1.16 bits per heavy atom. The lowest BCUT2D eigenvalue weighted by atomic mass is 10.2. The first-order valence-electron chi connectivity index (χ1n) is 9.97. The standard InChI is InChI=1S/C22H25ClN4O3S/c1-4-27-20(13-30-16-10-11-17(23)15(3)12-16)25-26-22(27)31-14-21(28)24-18-8-6-7-9-19(18)29-5-2/h6-12H,4-5,13-14H2,1-3H3,(H,24,28). The third-order valence-corrected chi connectivity index (χ3v) is 5.79. The molecule has 2 aromatic carbocycles. The Hall–Kier alpha value is -2.71. The van der Waals surface area contributed by atoms with E-state index in [1.54, 1.807) is 6.07 Å². The molecular formula is C22H25ClN4O3S. The molecule has 1 amide bonds. The van der Waals surface area contributed by atoms with Crippen molar-refractivity contribution in [1.82, 2.24) is 14.8 Å². The second kappa shape index (κ2) is 11.1. The number of rotatable bonds is 10. The Morgan fingerprint density at radius 2 is 1.97 bits per heavy atom. The Kier molecular flexibility index (Phi) is 8.20. The van der Waals surface area contributed by atoms with E-state index in [1.165, 1.54) is 11.8 Å². The predicted octanol–water partition coefficient (Wildman–Crippen LogP) is 4.97. The van der Waals surface area contributed by atoms with Crippen LogP contribution >= 0.6 is 23.4 Å². The fourth-order valence-corrected chi connectivity index (χ4v) is 3.81. The Balaban J connectivity index is 1.59. The van der Waals surface area contributed by atoms with Gasteiger partial charge in [-0.1, -0.05) is 35.5 Å². The molecule has 0 fully saturated rings. The summed E-state index contributed by atoms with van der Waals surface area (Å²) in [5.74, 6) is 2.12. The number of amides is 1. The molecule has 7 nitrogen and oxygen atoms in total. The molecule has 0 unspecified atom stereocenters. The SMILES string of the molecule is CCOc1ccccc1NC(=O)CSc1nnc(COc2ccc(Cl)c(C)c2)n1CC. The number of aromatic nitrogens is 3. The van der Waals surface area contributed by atoms with Gasteiger partial charge in [-0.2, -0.15) is 0 Å². The zero-order valence-electron chi connectivity index (χ0n) is 17.7. The number of thioether (sulfide) groups is 1. The highest BCUT2D eigenvalue weighted by Crippen LogP contribution is 2.25. The van der Waals surface area contributed by atoms with Crippen LogP contribution in [0.15, 0.2) is 47.6 Å². The van der Waals surface area contributed by atoms with Crippen molar-refractivity contribution >= 4 is 35.0 Å². The molecule has 1 heterocycles. The molecule has 0 aliphatic rings. The van der Waals surface area contributed by atoms with E-state index in [9.17, 15) is 4.79 Å². The van der Waals surface area contributed by atoms with Gasteiger partial charge in [0.15, 0.2) is 11.0 Å². The third-order valence-electron chi connectivity index (χ3n) is 4.40. The highest BCUT2D eigenvalue weighted by Gasteiger charge is 2.15. The van der Waals surface area contributed by atoms with Crippen molar-refractivity contribution in [3.8, 4) is 11.5 Å². The van der Waals surface area contributed by atoms with Gasteiger partial charge in [0.2, 0.25) is 5.91 Å². The number of halogens is 1. The maximum atomic E-state index is 12.4. The number of hydrogen-bond acceptors (Lipinski definition) is 6. The van der Waals surface area contributed by atoms with Crippen LogP contribution in [0, 0.1) is 6.92 Å². The first kappa shape index (κ1) is 23.0. The Bertz CT molecular complexity index is 1040. The molecule has 3 aromatic rings. The zero-order valence-corrected chi connectivity index (χ0v) is 19.3. The van der Waals surface area contributed by atoms with Crippen LogP contribution in [-0.4, -0.2) is 33.0 Å². The molecule has 1 aromatic heterocycles. The number of ether oxygens (including phenoxy) is 2. The van der Waals surface area contributed by atoms with Crippen molar-refractivity contribution in [3.63, 3.8) is 0 Å². The predicted molar refractivity (Wildman–Crippen MR) is 123 cm³/mol. The van der Waals surface area contributed by atoms with Crippen LogP contribution in [0.25, 0.3) is 0 Å². The summed E-state index contributed by atoms with van der Waals surface area (Å²) < 4.78 is 13.3. The number of nitrogens with zero attached hydrogens (tertiary/aromatic N) is 3. The zero-order chi connectivity index (χ0) is 22.2. The fraction of sp³-hybridized carbons (Fsp3) is 0.318. The number of carbonyl (C=O) groups excluding carboxylic acids is 1. The van der Waals surface area contributed by atoms with Gasteiger partial charge < -0.3 is 19.4 Å². The molecule has 31 heavy (non-hydrogen) atoms. The van der Waals surface area contributed by atoms with Gasteiger partial charge >= 0.3 is 0 Å². The van der Waals surface area contributed by atoms with Gasteiger partial charge in [-0.05, 0) is 56.7 Å². The molecule has 9 heteroatoms. The number of anilines is 1. The van der Waals surface area contributed by atoms with Crippen molar-refractivity contribution in [3.05, 3.63) is 58.9 Å². The topological polar surface area (TPSA) is 78.3 Å². The molecule has 0 saturated carbocycles. The maximum absolute atomic E-state index is 12.4. The number of benzene rings is 2. The summed E-state index contributed by atoms with van der Waals surface area (Å²) in [4.78, 5) is 12.4. The molecule has 0 atom stereocenters. The van der Waals surface area contributed by atoms with Gasteiger partial charge in [0, 0.05) is 11.6 Å². The van der Waals surface area contributed by atoms with Crippen LogP contribution < -0.4 is 14.8 Å². The Labute approximate surface area is 191 Å². The number of carbonyl (C=O) groups is 1. The van der Waals surface area contributed by atoms with E-state index in [0.29, 0.717) is 46.3 Å². The number of para-hydroxylation sites is 2. The molecule has 1 N–H and O–H groups in total. The van der Waals surface area contributed by atoms with Crippen molar-refractivity contribution in [2.75, 3.05) is 17.7 Å². The van der Waals surface area contributed by atoms with E-state index in [2.05, 4.69) is 15.5 Å². The molecule has 0 radical (unpaired) electrons. The molecule has 164 valence electrons. The molecule has 3 rings (SSSR count). The maximum Gasteiger partial charge on any atom is 0.234 e. The summed E-state index contributed by atoms with van der Waals surface area (Å²) >= 11 is 7.39. The molecule has 0 aliphatic heterocycles. The summed E-state index contributed by atoms with van der Waals surface area (Å²) in [6, 6.07) is 12.9. The van der Waals surface area contributed by atoms with Crippen LogP contribution in [0.1, 0.15) is 25.2 Å². The number of aryl methyl sites for hydroxylation is 1. The second-order valence-corrected chi connectivity index (χ2v) is 7.96. The average molecular weight is 461 g/mol. The first-order valence-corrected chi connectivity index (χ1v) is 11.3. The Morgan fingerprint density at radius 3 is 2.71 bits per heavy atom. The van der Waals surface area contributed by atoms with Crippen molar-refractivity contribution < 1.29 is 14.3 Å². The third kappa shape index (κ3) is 6.15. The van der Waals surface area contributed by atoms with Gasteiger partial charge in [-0.25, -0.2) is 0 Å². The van der Waals surface area contributed by atoms with E-state index in [1.807, 2.05) is 61.7 Å². The highest BCUT2D eigenvalue weighted by atomic mass is 35.5. The van der Waals surface area contributed by atoms with Crippen LogP contribution in [-0.2, 0) is 17.9 Å². The van der Waals surface area contributed by atoms with Crippen molar-refractivity contribution in [2.45, 2.75) is 39.1 Å². The monoisotopic (exact) mass is 460 g/mol. The lowest BCUT2D eigenvalue weighted by molar-refractivity contribution is -0.113. The minimum absolute atomic E-state index is 0.141. The summed E-state index contributed by atoms with van der Waals surface area (Å²) in [5.41, 5.74) is 1.60. The van der Waals surface area contributed by atoms with E-state index < -0.39 is 0 Å². The smallest absolute Gasteiger partial charge is 0.234 e. The van der Waals surface area contributed by atoms with Crippen LogP contribution in [0.3, 0.4) is 0 Å². The van der Waals surface area contributed by atoms with E-state index in [0.717, 1.165) is 5.56 Å². The summed E-state index contributed by atoms with van der Waals surface area (Å²) in [6.45, 7) is 7.31. The summed E-state index contributed by atoms with van der Waals surface area (Å²) in [5, 5.41) is 12.7. The minimum Gasteiger partial charge on any atom is -0.492 e. The summed E-state index contributed by atoms with van der Waals surface area (Å²) in [6.07, 6.45) is 0. The van der Waals surface area contributed by atoms with Gasteiger partial charge in [0.1, 0.15) is 18.1 Å². The minimum atomic E-state index is -0.141. The fourth-order valence-electron chi connectivity index (χ4n) is 2.87. The number of nitrogens with one attached hydrogen (secondary N) is 1. The molecule has 0 saturated heterocycles. The van der Waals surface area contributed by atoms with E-state index >= 15 is 0 Å². The molecule has 0 bridgehead atoms. The van der Waals surface area contributed by atoms with Crippen LogP contribution in [0.5, 0.6) is 11.5 Å². The highest BCUT2D eigenvalue weighted by molar-refractivity contribution is 7.99. The lowest BCUT2D eigenvalue weighted by Gasteiger charge is -2.11. The summed E-state index contributed by atoms with van der Waals surface area (Å²) in [7, 11) is 0. The van der Waals surface area contributed by atoms with Gasteiger partial charge in [-0.15, -0.1) is 10.2 Å². The van der Waals surface area contributed by atoms with Crippen LogP contribution in [0.2, 0.25) is 5.02 Å². The van der Waals surface area contributed by atoms with Gasteiger partial charge in [-0.3, -0.25) is 4.79 Å². The second-order valence-electron chi connectivity index (χ2n) is 6.61. The van der Waals surface area contributed by atoms with Crippen molar-refractivity contribution in [1.29, 1.82) is 0 Å². The lowest BCUT2D eigenvalue weighted by Crippen LogP contribution is -2.15. The molecular weight excluding hydrogens is 436 g/mol. The largest absolute Gasteiger partial charge is 0.492 e. The molecule has 0 spiro atoms. The van der Waals surface area contributed by atoms with E-state index in [4.69, 9.17) is 21.1 Å². The van der Waals surface area contributed by atoms with Gasteiger partial charge in [0.05, 0.1) is 18.0 Å². The normalized spacial score (nSPS) is 10.7. The number of hydrogen-bond donors (Lipinski definition) is 1. The van der Waals surface area contributed by atoms with E-state index in [-0.39, 0.29) is 18.3 Å². The van der Waals surface area contributed by atoms with Gasteiger partial charge in [0.25, 0.3) is 0 Å². The average Bonchev–Trinajstić information content (AvgIpc) is 3.16. The molecule has 0 aliphatic carbocycles.